The van der Waals surface area contributed by atoms with E-state index < -0.39 is 20.9 Å². The third-order valence-electron chi connectivity index (χ3n) is 12.8. The van der Waals surface area contributed by atoms with Crippen molar-refractivity contribution in [3.63, 3.8) is 0 Å². The van der Waals surface area contributed by atoms with E-state index in [9.17, 15) is 69.0 Å². The zero-order valence-corrected chi connectivity index (χ0v) is 46.6. The lowest BCUT2D eigenvalue weighted by molar-refractivity contribution is -0.385. The highest BCUT2D eigenvalue weighted by Crippen LogP contribution is 2.29. The van der Waals surface area contributed by atoms with E-state index in [0.717, 1.165) is 50.5 Å². The fraction of sp³-hybridized carbons (Fsp3) is 0.305. The minimum absolute atomic E-state index is 0.00741. The highest BCUT2D eigenvalue weighted by atomic mass is 16.7. The van der Waals surface area contributed by atoms with Gasteiger partial charge in [0.1, 0.15) is 37.1 Å². The highest BCUT2D eigenvalue weighted by Gasteiger charge is 2.24. The van der Waals surface area contributed by atoms with Gasteiger partial charge in [-0.25, -0.2) is 4.79 Å². The van der Waals surface area contributed by atoms with E-state index in [0.29, 0.717) is 72.2 Å². The Morgan fingerprint density at radius 2 is 0.837 bits per heavy atom. The van der Waals surface area contributed by atoms with Crippen LogP contribution in [0.2, 0.25) is 0 Å². The lowest BCUT2D eigenvalue weighted by Gasteiger charge is -2.15. The number of aliphatic hydroxyl groups excluding tert-OH is 1. The Morgan fingerprint density at radius 1 is 0.465 bits per heavy atom. The molecule has 27 heteroatoms. The minimum Gasteiger partial charge on any atom is -0.487 e. The number of unbranched alkanes of at least 4 members (excludes halogenated alkanes) is 6. The molecule has 0 saturated heterocycles. The predicted octanol–water partition coefficient (Wildman–Crippen LogP) is 7.49. The van der Waals surface area contributed by atoms with Crippen LogP contribution in [0.15, 0.2) is 133 Å². The van der Waals surface area contributed by atoms with Crippen LogP contribution < -0.4 is 35.5 Å². The van der Waals surface area contributed by atoms with Crippen LogP contribution in [0.5, 0.6) is 17.2 Å². The molecular weight excluding hydrogens is 1120 g/mol. The maximum atomic E-state index is 12.8. The number of non-ortho nitro benzene ring substituents is 3. The molecule has 5 aromatic rings. The number of hydrogen-bond donors (Lipinski definition) is 5. The number of nitrogens with zero attached hydrogens (tertiary/aromatic N) is 5. The van der Waals surface area contributed by atoms with E-state index in [1.807, 2.05) is 0 Å². The molecule has 0 spiro atoms. The van der Waals surface area contributed by atoms with E-state index in [1.165, 1.54) is 82.6 Å². The Balaban J connectivity index is 0.000000286. The number of nitro groups is 3. The van der Waals surface area contributed by atoms with Crippen molar-refractivity contribution in [2.24, 2.45) is 0 Å². The Morgan fingerprint density at radius 3 is 1.24 bits per heavy atom. The summed E-state index contributed by atoms with van der Waals surface area (Å²) in [7, 11) is 0. The summed E-state index contributed by atoms with van der Waals surface area (Å²) >= 11 is 0. The van der Waals surface area contributed by atoms with Gasteiger partial charge in [-0.3, -0.25) is 68.9 Å². The maximum absolute atomic E-state index is 12.8. The van der Waals surface area contributed by atoms with Crippen LogP contribution in [0.1, 0.15) is 73.6 Å². The zero-order valence-electron chi connectivity index (χ0n) is 46.6. The van der Waals surface area contributed by atoms with Gasteiger partial charge in [-0.2, -0.15) is 0 Å². The summed E-state index contributed by atoms with van der Waals surface area (Å²) in [6.45, 7) is 1.84. The van der Waals surface area contributed by atoms with E-state index >= 15 is 0 Å². The molecule has 2 heterocycles. The second kappa shape index (κ2) is 33.8. The molecule has 27 nitrogen and oxygen atoms in total. The van der Waals surface area contributed by atoms with Crippen molar-refractivity contribution >= 4 is 70.0 Å². The maximum Gasteiger partial charge on any atom is 0.514 e. The number of carbonyl (C=O) groups excluding carboxylic acids is 7. The van der Waals surface area contributed by atoms with Gasteiger partial charge in [-0.1, -0.05) is 37.8 Å². The fourth-order valence-electron chi connectivity index (χ4n) is 8.29. The van der Waals surface area contributed by atoms with Crippen LogP contribution >= 0.6 is 0 Å². The molecule has 6 amide bonds. The standard InChI is InChI=1S/C33H33N5O11.C26H30N4O7/c39-30(20-34-17-3-1-2-4-18-36-31(40)15-16-32(36)41)35-28-19-24(22-48-33(42)49-27-12-10-26(11-13-27)38(45)46)7-14-29(28)47-21-23-5-8-25(9-6-23)37(43)44;31-17-20-7-10-23(37-18-19-5-8-21(9-6-19)30(35)36)22(15-20)28-24(32)16-27-13-3-1-2-4-14-29-25(33)11-12-26(29)34/h5-16,19,34H,1-4,17-18,20-22H2,(H,35,39);5-12,15,27,31H,1-4,13-14,16-18H2,(H,28,32). The average Bonchev–Trinajstić information content (AvgIpc) is 4.11. The van der Waals surface area contributed by atoms with E-state index in [4.69, 9.17) is 18.9 Å². The Hall–Kier alpha value is -10.3. The van der Waals surface area contributed by atoms with Crippen LogP contribution in [0.4, 0.5) is 33.2 Å². The second-order valence-corrected chi connectivity index (χ2v) is 19.2. The van der Waals surface area contributed by atoms with E-state index in [-0.39, 0.29) is 97.8 Å². The molecule has 0 atom stereocenters. The number of aliphatic hydroxyl groups is 1. The smallest absolute Gasteiger partial charge is 0.487 e. The summed E-state index contributed by atoms with van der Waals surface area (Å²) in [4.78, 5) is 117. The number of rotatable bonds is 33. The van der Waals surface area contributed by atoms with Crippen molar-refractivity contribution in [2.45, 2.75) is 77.8 Å². The summed E-state index contributed by atoms with van der Waals surface area (Å²) in [5.74, 6) is -0.982. The molecule has 2 aliphatic rings. The molecule has 0 aliphatic carbocycles. The van der Waals surface area contributed by atoms with Crippen molar-refractivity contribution in [3.8, 4) is 17.2 Å². The molecule has 86 heavy (non-hydrogen) atoms. The van der Waals surface area contributed by atoms with Crippen LogP contribution in [0.25, 0.3) is 0 Å². The fourth-order valence-corrected chi connectivity index (χ4v) is 8.29. The average molecular weight is 1190 g/mol. The quantitative estimate of drug-likeness (QED) is 0.00678. The van der Waals surface area contributed by atoms with Gasteiger partial charge in [0.25, 0.3) is 40.7 Å². The highest BCUT2D eigenvalue weighted by molar-refractivity contribution is 6.13. The molecule has 2 aliphatic heterocycles. The van der Waals surface area contributed by atoms with Gasteiger partial charge in [0.05, 0.1) is 45.8 Å². The van der Waals surface area contributed by atoms with Gasteiger partial charge < -0.3 is 45.3 Å². The number of carbonyl (C=O) groups is 7. The SMILES string of the molecule is O=C(CNCCCCCCN1C(=O)C=CC1=O)Nc1cc(CO)ccc1OCc1ccc([N+](=O)[O-])cc1.O=C(CNCCCCCCN1C(=O)C=CC1=O)Nc1cc(COC(=O)Oc2ccc([N+](=O)[O-])cc2)ccc1OCc1ccc([N+](=O)[O-])cc1. The summed E-state index contributed by atoms with van der Waals surface area (Å²) in [5, 5.41) is 53.8. The lowest BCUT2D eigenvalue weighted by Crippen LogP contribution is -2.31. The number of imide groups is 2. The Bertz CT molecular complexity index is 3250. The normalized spacial score (nSPS) is 12.4. The number of anilines is 2. The van der Waals surface area contributed by atoms with Crippen molar-refractivity contribution in [2.75, 3.05) is 49.9 Å². The molecule has 5 N–H and O–H groups in total. The van der Waals surface area contributed by atoms with Crippen molar-refractivity contribution in [1.82, 2.24) is 20.4 Å². The summed E-state index contributed by atoms with van der Waals surface area (Å²) in [5.41, 5.74) is 2.95. The lowest BCUT2D eigenvalue weighted by atomic mass is 10.2. The van der Waals surface area contributed by atoms with Crippen LogP contribution in [0, 0.1) is 30.3 Å². The third-order valence-corrected chi connectivity index (χ3v) is 12.8. The summed E-state index contributed by atoms with van der Waals surface area (Å²) < 4.78 is 22.0. The third kappa shape index (κ3) is 21.5. The van der Waals surface area contributed by atoms with E-state index in [2.05, 4.69) is 21.3 Å². The summed E-state index contributed by atoms with van der Waals surface area (Å²) in [6, 6.07) is 26.5. The van der Waals surface area contributed by atoms with Crippen LogP contribution in [0.3, 0.4) is 0 Å². The van der Waals surface area contributed by atoms with Gasteiger partial charge >= 0.3 is 6.16 Å². The number of hydrogen-bond acceptors (Lipinski definition) is 20. The topological polar surface area (TPSA) is 361 Å². The number of nitro benzene ring substituents is 3. The summed E-state index contributed by atoms with van der Waals surface area (Å²) in [6.07, 6.45) is 10.5. The predicted molar refractivity (Wildman–Crippen MR) is 309 cm³/mol. The molecule has 5 aromatic carbocycles. The van der Waals surface area contributed by atoms with Gasteiger partial charge in [-0.05, 0) is 122 Å². The largest absolute Gasteiger partial charge is 0.514 e. The first-order chi connectivity index (χ1) is 41.5. The van der Waals surface area contributed by atoms with Crippen molar-refractivity contribution in [3.05, 3.63) is 186 Å². The van der Waals surface area contributed by atoms with Gasteiger partial charge in [0, 0.05) is 73.8 Å². The van der Waals surface area contributed by atoms with Crippen LogP contribution in [-0.2, 0) is 59.9 Å². The number of nitrogens with one attached hydrogen (secondary N) is 4. The molecule has 0 unspecified atom stereocenters. The monoisotopic (exact) mass is 1190 g/mol. The van der Waals surface area contributed by atoms with Gasteiger partial charge in [-0.15, -0.1) is 0 Å². The zero-order chi connectivity index (χ0) is 61.8. The van der Waals surface area contributed by atoms with Crippen molar-refractivity contribution < 1.29 is 72.4 Å². The molecule has 0 radical (unpaired) electrons. The molecule has 0 aromatic heterocycles. The van der Waals surface area contributed by atoms with E-state index in [1.54, 1.807) is 60.7 Å². The number of ether oxygens (including phenoxy) is 4. The number of amides is 6. The minimum atomic E-state index is -1.04. The molecule has 452 valence electrons. The first kappa shape index (κ1) is 64.9. The first-order valence-corrected chi connectivity index (χ1v) is 27.2. The second-order valence-electron chi connectivity index (χ2n) is 19.2. The van der Waals surface area contributed by atoms with Gasteiger partial charge in [0.2, 0.25) is 11.8 Å². The van der Waals surface area contributed by atoms with Gasteiger partial charge in [0.15, 0.2) is 0 Å². The molecule has 0 saturated carbocycles. The van der Waals surface area contributed by atoms with Crippen LogP contribution in [-0.4, -0.2) is 111 Å². The molecule has 0 fully saturated rings. The van der Waals surface area contributed by atoms with Crippen molar-refractivity contribution in [1.29, 1.82) is 0 Å². The molecular formula is C59H63N9O18. The first-order valence-electron chi connectivity index (χ1n) is 27.2. The molecule has 7 rings (SSSR count). The number of benzene rings is 5. The Labute approximate surface area is 492 Å². The molecule has 0 bridgehead atoms. The Kier molecular flexibility index (Phi) is 25.5.